The number of nitrogens with zero attached hydrogens (tertiary/aromatic N) is 14. The number of hydrogen-bond acceptors (Lipinski definition) is 43. The van der Waals surface area contributed by atoms with Gasteiger partial charge >= 0.3 is 5.97 Å². The molecular weight excluding hydrogens is 1680 g/mol. The van der Waals surface area contributed by atoms with E-state index in [0.29, 0.717) is 55.3 Å². The highest BCUT2D eigenvalue weighted by atomic mass is 16.7. The Labute approximate surface area is 725 Å². The van der Waals surface area contributed by atoms with Gasteiger partial charge in [0.1, 0.15) is 103 Å². The maximum atomic E-state index is 13.6. The summed E-state index contributed by atoms with van der Waals surface area (Å²) >= 11 is 0. The van der Waals surface area contributed by atoms with E-state index in [-0.39, 0.29) is 178 Å². The molecule has 8 rings (SSSR count). The molecule has 17 N–H and O–H groups in total. The number of aromatic nitrogens is 12. The van der Waals surface area contributed by atoms with Crippen LogP contribution in [0.25, 0.3) is 0 Å². The number of rotatable bonds is 63. The number of unbranched alkanes of at least 4 members (excludes halogenated alkanes) is 1. The maximum absolute atomic E-state index is 13.6. The number of aliphatic hydroxyl groups excluding tert-OH is 12. The molecule has 0 spiro atoms. The molecule has 52 heteroatoms. The van der Waals surface area contributed by atoms with Crippen LogP contribution in [0.1, 0.15) is 69.7 Å². The normalized spacial score (nSPS) is 26.7. The first kappa shape index (κ1) is 104. The highest BCUT2D eigenvalue weighted by Crippen LogP contribution is 2.27. The molecule has 126 heavy (non-hydrogen) atoms. The molecule has 20 unspecified atom stereocenters. The van der Waals surface area contributed by atoms with Crippen molar-refractivity contribution in [3.63, 3.8) is 0 Å². The Morgan fingerprint density at radius 1 is 0.357 bits per heavy atom. The van der Waals surface area contributed by atoms with Crippen molar-refractivity contribution in [3.8, 4) is 0 Å². The van der Waals surface area contributed by atoms with E-state index in [1.54, 1.807) is 48.4 Å². The van der Waals surface area contributed by atoms with Gasteiger partial charge in [-0.1, -0.05) is 27.3 Å². The number of amides is 4. The van der Waals surface area contributed by atoms with E-state index in [1.807, 2.05) is 0 Å². The maximum Gasteiger partial charge on any atom is 0.320 e. The lowest BCUT2D eigenvalue weighted by Crippen LogP contribution is -2.64. The molecule has 4 aliphatic rings. The quantitative estimate of drug-likeness (QED) is 0.0183. The molecule has 4 aliphatic heterocycles. The van der Waals surface area contributed by atoms with Crippen LogP contribution < -0.4 is 21.3 Å². The van der Waals surface area contributed by atoms with Gasteiger partial charge in [0.25, 0.3) is 0 Å². The second kappa shape index (κ2) is 56.3. The molecular formula is C74H126N18O34. The number of carboxylic acids is 1. The zero-order valence-corrected chi connectivity index (χ0v) is 71.0. The molecule has 0 bridgehead atoms. The van der Waals surface area contributed by atoms with Crippen molar-refractivity contribution < 1.29 is 166 Å². The average molecular weight is 1810 g/mol. The van der Waals surface area contributed by atoms with Crippen LogP contribution in [0.3, 0.4) is 0 Å². The van der Waals surface area contributed by atoms with Gasteiger partial charge in [0.15, 0.2) is 25.2 Å². The largest absolute Gasteiger partial charge is 0.480 e. The fourth-order valence-corrected chi connectivity index (χ4v) is 13.8. The minimum Gasteiger partial charge on any atom is -0.480 e. The first-order valence-electron chi connectivity index (χ1n) is 41.7. The summed E-state index contributed by atoms with van der Waals surface area (Å²) in [6, 6.07) is -5.49. The molecule has 4 fully saturated rings. The van der Waals surface area contributed by atoms with Gasteiger partial charge in [0.2, 0.25) is 23.6 Å². The van der Waals surface area contributed by atoms with Gasteiger partial charge in [-0.05, 0) is 19.4 Å². The third kappa shape index (κ3) is 34.9. The van der Waals surface area contributed by atoms with Crippen LogP contribution in [-0.2, 0) is 152 Å². The standard InChI is InChI=1S/C74H126N18O34/c1-45(97)75-58-66(105)62(101)54(41-93)123-71(58)119-29-25-115-21-17-111-13-9-89-37-49(79-83-89)33-87(34-50-38-90(84-80-50)10-14-112-18-22-116-26-30-120-72-59(76-46(2)98)67(106)63(102)55(42-94)124-72)8-6-5-7-53(70(109)110)88(35-51-39-91(85-81-51)11-15-113-19-23-117-27-31-121-73-60(77-47(3)99)68(107)64(103)56(43-95)125-73)36-52-40-92(86-82-52)12-16-114-20-24-118-28-32-122-74-61(78-48(4)100)69(108)65(104)57(44-96)126-74/h37-40,53-69,71-74,93-96,101-108H,5-36,41-44H2,1-4H3,(H,75,97)(H,76,98)(H,77,99)(H,78,100)(H,109,110)/t53-,54?,55?,56?,57?,58?,59?,60?,61?,62?,63?,64?,65?,66?,67?,68?,69?,71?,72?,73?,74?/m0/s1. The number of carbonyl (C=O) groups excluding carboxylic acids is 4. The summed E-state index contributed by atoms with van der Waals surface area (Å²) in [5.74, 6) is -3.07. The molecule has 4 saturated heterocycles. The van der Waals surface area contributed by atoms with Crippen LogP contribution in [0.15, 0.2) is 24.8 Å². The molecule has 4 amide bonds. The molecule has 4 aromatic heterocycles. The molecule has 21 atom stereocenters. The summed E-state index contributed by atoms with van der Waals surface area (Å²) in [4.78, 5) is 64.7. The van der Waals surface area contributed by atoms with Crippen molar-refractivity contribution in [2.45, 2.75) is 228 Å². The number of aliphatic carboxylic acids is 1. The topological polar surface area (TPSA) is 673 Å². The van der Waals surface area contributed by atoms with Crippen LogP contribution >= 0.6 is 0 Å². The first-order valence-corrected chi connectivity index (χ1v) is 41.7. The predicted molar refractivity (Wildman–Crippen MR) is 421 cm³/mol. The number of aliphatic hydroxyl groups is 12. The van der Waals surface area contributed by atoms with Crippen LogP contribution in [-0.4, -0.2) is 459 Å². The minimum atomic E-state index is -1.47. The fourth-order valence-electron chi connectivity index (χ4n) is 13.8. The zero-order chi connectivity index (χ0) is 90.9. The molecule has 0 saturated carbocycles. The number of nitrogens with one attached hydrogen (secondary N) is 4. The number of carboxylic acid groups (broad SMARTS) is 1. The third-order valence-electron chi connectivity index (χ3n) is 20.2. The molecule has 0 aromatic carbocycles. The van der Waals surface area contributed by atoms with E-state index in [0.717, 1.165) is 0 Å². The van der Waals surface area contributed by atoms with Crippen molar-refractivity contribution in [1.29, 1.82) is 0 Å². The summed E-state index contributed by atoms with van der Waals surface area (Å²) < 4.78 is 97.4. The van der Waals surface area contributed by atoms with Crippen molar-refractivity contribution in [1.82, 2.24) is 91.0 Å². The van der Waals surface area contributed by atoms with Crippen molar-refractivity contribution in [2.75, 3.05) is 165 Å². The van der Waals surface area contributed by atoms with Gasteiger partial charge in [0, 0.05) is 78.7 Å². The molecule has 52 nitrogen and oxygen atoms in total. The smallest absolute Gasteiger partial charge is 0.320 e. The summed E-state index contributed by atoms with van der Waals surface area (Å²) in [6.45, 7) is 7.27. The van der Waals surface area contributed by atoms with E-state index in [2.05, 4.69) is 67.4 Å². The summed E-state index contributed by atoms with van der Waals surface area (Å²) in [5, 5.41) is 178. The Balaban J connectivity index is 0.846. The Hall–Kier alpha value is -7.29. The molecule has 0 radical (unpaired) electrons. The van der Waals surface area contributed by atoms with Gasteiger partial charge in [-0.2, -0.15) is 0 Å². The van der Waals surface area contributed by atoms with Crippen molar-refractivity contribution in [2.24, 2.45) is 0 Å². The van der Waals surface area contributed by atoms with Crippen LogP contribution in [0.2, 0.25) is 0 Å². The Bertz CT molecular complexity index is 3520. The van der Waals surface area contributed by atoms with E-state index in [1.165, 1.54) is 27.7 Å². The zero-order valence-electron chi connectivity index (χ0n) is 71.0. The van der Waals surface area contributed by atoms with Gasteiger partial charge in [-0.3, -0.25) is 33.8 Å². The molecule has 716 valence electrons. The summed E-state index contributed by atoms with van der Waals surface area (Å²) in [6.07, 6.45) is -13.0. The highest BCUT2D eigenvalue weighted by Gasteiger charge is 2.49. The number of hydrogen-bond donors (Lipinski definition) is 17. The van der Waals surface area contributed by atoms with Crippen molar-refractivity contribution >= 4 is 29.6 Å². The minimum absolute atomic E-state index is 0.0156. The third-order valence-corrected chi connectivity index (χ3v) is 20.2. The van der Waals surface area contributed by atoms with Gasteiger partial charge in [-0.15, -0.1) is 20.4 Å². The lowest BCUT2D eigenvalue weighted by atomic mass is 9.97. The van der Waals surface area contributed by atoms with E-state index in [4.69, 9.17) is 75.8 Å². The van der Waals surface area contributed by atoms with E-state index in [9.17, 15) is 90.4 Å². The van der Waals surface area contributed by atoms with Crippen LogP contribution in [0.5, 0.6) is 0 Å². The number of carbonyl (C=O) groups is 5. The molecule has 4 aromatic rings. The second-order valence-corrected chi connectivity index (χ2v) is 30.0. The summed E-state index contributed by atoms with van der Waals surface area (Å²) in [7, 11) is 0. The van der Waals surface area contributed by atoms with Crippen LogP contribution in [0.4, 0.5) is 0 Å². The predicted octanol–water partition coefficient (Wildman–Crippen LogP) is -10.6. The Kier molecular flexibility index (Phi) is 46.5. The van der Waals surface area contributed by atoms with Gasteiger partial charge < -0.3 is 163 Å². The molecule has 0 aliphatic carbocycles. The lowest BCUT2D eigenvalue weighted by Gasteiger charge is -2.42. The summed E-state index contributed by atoms with van der Waals surface area (Å²) in [5.41, 5.74) is 2.09. The second-order valence-electron chi connectivity index (χ2n) is 30.0. The lowest BCUT2D eigenvalue weighted by molar-refractivity contribution is -0.272. The SMILES string of the molecule is CC(=O)NC1C(OCCOCCOCCn2cc(CN(CCCC[C@@H](C(=O)O)N(Cc3cn(CCOCCOCCOC4OC(CO)C(O)C(O)C4NC(C)=O)nn3)Cc3cn(CCOCCOCCOC4OC(CO)C(O)C(O)C4NC(C)=O)nn3)Cc3cn(CCOCCOCCOC4OC(CO)C(O)C(O)C4NC(C)=O)nn3)nn2)OC(CO)C(O)C1O. The average Bonchev–Trinajstić information content (AvgIpc) is 1.01. The van der Waals surface area contributed by atoms with Gasteiger partial charge in [-0.25, -0.2) is 18.7 Å². The van der Waals surface area contributed by atoms with E-state index < -0.39 is 185 Å². The van der Waals surface area contributed by atoms with E-state index >= 15 is 0 Å². The Morgan fingerprint density at radius 2 is 0.595 bits per heavy atom. The van der Waals surface area contributed by atoms with Crippen molar-refractivity contribution in [3.05, 3.63) is 47.6 Å². The number of ether oxygens (including phenoxy) is 16. The van der Waals surface area contributed by atoms with Gasteiger partial charge in [0.05, 0.1) is 208 Å². The highest BCUT2D eigenvalue weighted by molar-refractivity contribution is 5.75. The first-order chi connectivity index (χ1) is 60.8. The van der Waals surface area contributed by atoms with Crippen LogP contribution in [0, 0.1) is 0 Å². The fraction of sp³-hybridized carbons (Fsp3) is 0.824. The molecule has 8 heterocycles. The Morgan fingerprint density at radius 3 is 0.833 bits per heavy atom. The monoisotopic (exact) mass is 1810 g/mol.